The first-order valence-electron chi connectivity index (χ1n) is 6.22. The van der Waals surface area contributed by atoms with E-state index in [1.807, 2.05) is 0 Å². The lowest BCUT2D eigenvalue weighted by Crippen LogP contribution is -2.35. The number of nitrogens with zero attached hydrogens (tertiary/aromatic N) is 1. The van der Waals surface area contributed by atoms with E-state index in [1.54, 1.807) is 0 Å². The molecule has 0 spiro atoms. The van der Waals surface area contributed by atoms with Crippen molar-refractivity contribution in [3.8, 4) is 0 Å². The number of rotatable bonds is 4. The summed E-state index contributed by atoms with van der Waals surface area (Å²) in [7, 11) is -0.322. The lowest BCUT2D eigenvalue weighted by molar-refractivity contribution is 0.0945. The molecule has 1 unspecified atom stereocenters. The molecule has 1 aromatic heterocycles. The van der Waals surface area contributed by atoms with E-state index in [2.05, 4.69) is 5.32 Å². The van der Waals surface area contributed by atoms with Crippen molar-refractivity contribution in [2.75, 3.05) is 12.3 Å². The van der Waals surface area contributed by atoms with E-state index in [-0.39, 0.29) is 22.9 Å². The van der Waals surface area contributed by atoms with Crippen LogP contribution < -0.4 is 5.32 Å². The molecule has 21 heavy (non-hydrogen) atoms. The van der Waals surface area contributed by atoms with Gasteiger partial charge in [0.1, 0.15) is 10.6 Å². The summed E-state index contributed by atoms with van der Waals surface area (Å²) in [6, 6.07) is 1.15. The molecular formula is C11H15ClN2O5S2. The highest BCUT2D eigenvalue weighted by molar-refractivity contribution is 8.13. The van der Waals surface area contributed by atoms with Crippen LogP contribution in [0.1, 0.15) is 23.3 Å². The Morgan fingerprint density at radius 2 is 2.19 bits per heavy atom. The first-order chi connectivity index (χ1) is 9.61. The molecule has 2 rings (SSSR count). The van der Waals surface area contributed by atoms with E-state index < -0.39 is 30.0 Å². The van der Waals surface area contributed by atoms with E-state index >= 15 is 0 Å². The van der Waals surface area contributed by atoms with Crippen LogP contribution in [0.25, 0.3) is 0 Å². The normalized spacial score (nSPS) is 21.3. The number of nitrogens with one attached hydrogen (secondary N) is 1. The second-order valence-electron chi connectivity index (χ2n) is 4.95. The van der Waals surface area contributed by atoms with Crippen LogP contribution in [0.4, 0.5) is 0 Å². The Morgan fingerprint density at radius 1 is 1.52 bits per heavy atom. The summed E-state index contributed by atoms with van der Waals surface area (Å²) < 4.78 is 47.1. The fraction of sp³-hybridized carbons (Fsp3) is 0.545. The van der Waals surface area contributed by atoms with E-state index in [9.17, 15) is 21.6 Å². The number of sulfone groups is 1. The van der Waals surface area contributed by atoms with Gasteiger partial charge >= 0.3 is 0 Å². The minimum Gasteiger partial charge on any atom is -0.349 e. The van der Waals surface area contributed by atoms with Crippen LogP contribution in [-0.4, -0.2) is 44.9 Å². The summed E-state index contributed by atoms with van der Waals surface area (Å²) in [5.41, 5.74) is 0.101. The zero-order chi connectivity index (χ0) is 15.8. The van der Waals surface area contributed by atoms with Gasteiger partial charge in [-0.25, -0.2) is 16.8 Å². The molecule has 1 saturated heterocycles. The standard InChI is InChI=1S/C11H15ClN2O5S2/c1-14-7-9(21(12,18)19)5-10(14)11(15)13-6-8-3-2-4-20(8,16)17/h5,7-8H,2-4,6H2,1H3,(H,13,15). The van der Waals surface area contributed by atoms with Gasteiger partial charge in [0.15, 0.2) is 9.84 Å². The largest absolute Gasteiger partial charge is 0.349 e. The van der Waals surface area contributed by atoms with E-state index in [4.69, 9.17) is 10.7 Å². The second kappa shape index (κ2) is 5.62. The molecule has 1 aromatic rings. The van der Waals surface area contributed by atoms with Gasteiger partial charge in [-0.2, -0.15) is 0 Å². The summed E-state index contributed by atoms with van der Waals surface area (Å²) >= 11 is 0. The van der Waals surface area contributed by atoms with Gasteiger partial charge in [-0.3, -0.25) is 4.79 Å². The van der Waals surface area contributed by atoms with Gasteiger partial charge in [0, 0.05) is 30.5 Å². The monoisotopic (exact) mass is 354 g/mol. The van der Waals surface area contributed by atoms with Crippen molar-refractivity contribution in [1.29, 1.82) is 0 Å². The highest BCUT2D eigenvalue weighted by Crippen LogP contribution is 2.20. The minimum absolute atomic E-state index is 0.0231. The molecule has 118 valence electrons. The Labute approximate surface area is 127 Å². The average molecular weight is 355 g/mol. The molecular weight excluding hydrogens is 340 g/mol. The van der Waals surface area contributed by atoms with Crippen LogP contribution >= 0.6 is 10.7 Å². The molecule has 1 amide bonds. The van der Waals surface area contributed by atoms with Crippen molar-refractivity contribution in [2.45, 2.75) is 23.0 Å². The maximum Gasteiger partial charge on any atom is 0.267 e. The van der Waals surface area contributed by atoms with Crippen molar-refractivity contribution in [1.82, 2.24) is 9.88 Å². The van der Waals surface area contributed by atoms with Gasteiger partial charge in [0.2, 0.25) is 0 Å². The molecule has 7 nitrogen and oxygen atoms in total. The third-order valence-corrected chi connectivity index (χ3v) is 7.04. The molecule has 0 aromatic carbocycles. The third-order valence-electron chi connectivity index (χ3n) is 3.45. The third kappa shape index (κ3) is 3.58. The predicted octanol–water partition coefficient (Wildman–Crippen LogP) is 0.260. The van der Waals surface area contributed by atoms with Crippen LogP contribution in [-0.2, 0) is 25.9 Å². The number of carbonyl (C=O) groups is 1. The summed E-state index contributed by atoms with van der Waals surface area (Å²) in [6.07, 6.45) is 2.35. The Bertz CT molecular complexity index is 767. The number of carbonyl (C=O) groups excluding carboxylic acids is 1. The van der Waals surface area contributed by atoms with Crippen molar-refractivity contribution >= 4 is 35.5 Å². The molecule has 10 heteroatoms. The molecule has 2 heterocycles. The molecule has 1 atom stereocenters. The highest BCUT2D eigenvalue weighted by Gasteiger charge is 2.31. The van der Waals surface area contributed by atoms with Crippen LogP contribution in [0.2, 0.25) is 0 Å². The van der Waals surface area contributed by atoms with E-state index in [1.165, 1.54) is 17.8 Å². The number of aromatic nitrogens is 1. The van der Waals surface area contributed by atoms with Crippen LogP contribution in [0, 0.1) is 0 Å². The Balaban J connectivity index is 2.09. The number of aryl methyl sites for hydroxylation is 1. The minimum atomic E-state index is -3.91. The van der Waals surface area contributed by atoms with Gasteiger partial charge in [-0.1, -0.05) is 0 Å². The molecule has 1 aliphatic heterocycles. The zero-order valence-electron chi connectivity index (χ0n) is 11.2. The number of hydrogen-bond donors (Lipinski definition) is 1. The molecule has 0 saturated carbocycles. The van der Waals surface area contributed by atoms with Gasteiger partial charge in [0.05, 0.1) is 11.0 Å². The lowest BCUT2D eigenvalue weighted by Gasteiger charge is -2.11. The summed E-state index contributed by atoms with van der Waals surface area (Å²) in [5, 5.41) is 1.95. The van der Waals surface area contributed by atoms with Crippen molar-refractivity contribution in [2.24, 2.45) is 7.05 Å². The van der Waals surface area contributed by atoms with Gasteiger partial charge in [0.25, 0.3) is 15.0 Å². The fourth-order valence-electron chi connectivity index (χ4n) is 2.28. The number of amides is 1. The summed E-state index contributed by atoms with van der Waals surface area (Å²) in [5.74, 6) is -0.391. The zero-order valence-corrected chi connectivity index (χ0v) is 13.6. The second-order valence-corrected chi connectivity index (χ2v) is 9.92. The van der Waals surface area contributed by atoms with Crippen molar-refractivity contribution in [3.05, 3.63) is 18.0 Å². The smallest absolute Gasteiger partial charge is 0.267 e. The topological polar surface area (TPSA) is 102 Å². The Hall–Kier alpha value is -1.06. The first-order valence-corrected chi connectivity index (χ1v) is 10.2. The van der Waals surface area contributed by atoms with Gasteiger partial charge < -0.3 is 9.88 Å². The molecule has 0 aliphatic carbocycles. The van der Waals surface area contributed by atoms with Crippen LogP contribution in [0.15, 0.2) is 17.2 Å². The molecule has 1 fully saturated rings. The van der Waals surface area contributed by atoms with Crippen molar-refractivity contribution in [3.63, 3.8) is 0 Å². The van der Waals surface area contributed by atoms with E-state index in [0.717, 1.165) is 6.07 Å². The SMILES string of the molecule is Cn1cc(S(=O)(=O)Cl)cc1C(=O)NCC1CCCS1(=O)=O. The maximum atomic E-state index is 12.0. The molecule has 1 aliphatic rings. The van der Waals surface area contributed by atoms with Crippen molar-refractivity contribution < 1.29 is 21.6 Å². The fourth-order valence-corrected chi connectivity index (χ4v) is 4.83. The average Bonchev–Trinajstić information content (AvgIpc) is 2.88. The van der Waals surface area contributed by atoms with Gasteiger partial charge in [-0.15, -0.1) is 0 Å². The van der Waals surface area contributed by atoms with Crippen LogP contribution in [0.5, 0.6) is 0 Å². The van der Waals surface area contributed by atoms with Crippen LogP contribution in [0.3, 0.4) is 0 Å². The molecule has 1 N–H and O–H groups in total. The first kappa shape index (κ1) is 16.3. The summed E-state index contributed by atoms with van der Waals surface area (Å²) in [4.78, 5) is 11.8. The highest BCUT2D eigenvalue weighted by atomic mass is 35.7. The van der Waals surface area contributed by atoms with Gasteiger partial charge in [-0.05, 0) is 18.9 Å². The maximum absolute atomic E-state index is 12.0. The quantitative estimate of drug-likeness (QED) is 0.781. The summed E-state index contributed by atoms with van der Waals surface area (Å²) in [6.45, 7) is 0.0231. The Morgan fingerprint density at radius 3 is 2.67 bits per heavy atom. The molecule has 0 radical (unpaired) electrons. The Kier molecular flexibility index (Phi) is 4.36. The predicted molar refractivity (Wildman–Crippen MR) is 77.6 cm³/mol. The molecule has 0 bridgehead atoms. The number of hydrogen-bond acceptors (Lipinski definition) is 5. The van der Waals surface area contributed by atoms with E-state index in [0.29, 0.717) is 12.8 Å². The lowest BCUT2D eigenvalue weighted by atomic mass is 10.2. The number of halogens is 1.